The molecular formula is C14H23N3O2. The van der Waals surface area contributed by atoms with E-state index in [0.29, 0.717) is 0 Å². The predicted octanol–water partition coefficient (Wildman–Crippen LogP) is 1.55. The van der Waals surface area contributed by atoms with Crippen molar-refractivity contribution in [1.82, 2.24) is 4.90 Å². The molecule has 0 aromatic heterocycles. The van der Waals surface area contributed by atoms with E-state index in [9.17, 15) is 0 Å². The number of oxime groups is 1. The maximum atomic E-state index is 8.61. The zero-order valence-corrected chi connectivity index (χ0v) is 11.8. The van der Waals surface area contributed by atoms with E-state index in [1.807, 2.05) is 26.1 Å². The lowest BCUT2D eigenvalue weighted by atomic mass is 10.1. The zero-order chi connectivity index (χ0) is 14.3. The molecule has 1 unspecified atom stereocenters. The van der Waals surface area contributed by atoms with Gasteiger partial charge in [0.1, 0.15) is 11.6 Å². The molecule has 0 saturated carbocycles. The third-order valence-corrected chi connectivity index (χ3v) is 3.15. The van der Waals surface area contributed by atoms with Crippen LogP contribution in [-0.4, -0.2) is 43.2 Å². The lowest BCUT2D eigenvalue weighted by Gasteiger charge is -2.20. The fraction of sp³-hybridized carbons (Fsp3) is 0.500. The lowest BCUT2D eigenvalue weighted by molar-refractivity contribution is 0.296. The Bertz CT molecular complexity index is 404. The normalized spacial score (nSPS) is 13.6. The van der Waals surface area contributed by atoms with E-state index in [4.69, 9.17) is 15.7 Å². The summed E-state index contributed by atoms with van der Waals surface area (Å²) in [6, 6.07) is 8.07. The molecule has 0 radical (unpaired) electrons. The minimum absolute atomic E-state index is 0.0471. The number of nitrogens with two attached hydrogens (primary N) is 1. The molecule has 0 aliphatic rings. The van der Waals surface area contributed by atoms with E-state index >= 15 is 0 Å². The molecule has 19 heavy (non-hydrogen) atoms. The van der Waals surface area contributed by atoms with Gasteiger partial charge in [-0.15, -0.1) is 0 Å². The maximum absolute atomic E-state index is 8.61. The first-order valence-corrected chi connectivity index (χ1v) is 6.35. The molecule has 0 bridgehead atoms. The molecule has 1 rings (SSSR count). The van der Waals surface area contributed by atoms with Gasteiger partial charge in [-0.3, -0.25) is 0 Å². The highest BCUT2D eigenvalue weighted by molar-refractivity contribution is 5.82. The molecule has 0 heterocycles. The highest BCUT2D eigenvalue weighted by Gasteiger charge is 2.10. The van der Waals surface area contributed by atoms with Crippen molar-refractivity contribution in [2.24, 2.45) is 16.8 Å². The summed E-state index contributed by atoms with van der Waals surface area (Å²) >= 11 is 0. The Morgan fingerprint density at radius 2 is 2.05 bits per heavy atom. The molecule has 3 N–H and O–H groups in total. The Morgan fingerprint density at radius 1 is 1.42 bits per heavy atom. The highest BCUT2D eigenvalue weighted by Crippen LogP contribution is 2.12. The summed E-state index contributed by atoms with van der Waals surface area (Å²) in [5.41, 5.74) is 6.83. The number of amidine groups is 1. The van der Waals surface area contributed by atoms with Gasteiger partial charge in [-0.25, -0.2) is 0 Å². The molecule has 0 spiro atoms. The first-order chi connectivity index (χ1) is 9.06. The van der Waals surface area contributed by atoms with Gasteiger partial charge in [0.25, 0.3) is 0 Å². The van der Waals surface area contributed by atoms with Crippen LogP contribution in [0.15, 0.2) is 29.4 Å². The van der Waals surface area contributed by atoms with Crippen molar-refractivity contribution in [2.75, 3.05) is 27.2 Å². The minimum Gasteiger partial charge on any atom is -0.497 e. The number of ether oxygens (including phenoxy) is 1. The molecule has 0 fully saturated rings. The maximum Gasteiger partial charge on any atom is 0.143 e. The van der Waals surface area contributed by atoms with Gasteiger partial charge in [-0.05, 0) is 31.2 Å². The van der Waals surface area contributed by atoms with Crippen LogP contribution >= 0.6 is 0 Å². The molecule has 5 nitrogen and oxygen atoms in total. The molecular weight excluding hydrogens is 242 g/mol. The SMILES string of the molecule is COc1ccc(CCN(C)CC(C)C(N)=NO)cc1. The van der Waals surface area contributed by atoms with Gasteiger partial charge in [0.2, 0.25) is 0 Å². The Balaban J connectivity index is 2.38. The van der Waals surface area contributed by atoms with Crippen LogP contribution in [0.3, 0.4) is 0 Å². The lowest BCUT2D eigenvalue weighted by Crippen LogP contribution is -2.33. The molecule has 0 saturated heterocycles. The number of nitrogens with zero attached hydrogens (tertiary/aromatic N) is 2. The van der Waals surface area contributed by atoms with Crippen LogP contribution in [0.25, 0.3) is 0 Å². The predicted molar refractivity (Wildman–Crippen MR) is 76.8 cm³/mol. The summed E-state index contributed by atoms with van der Waals surface area (Å²) in [6.07, 6.45) is 0.962. The number of benzene rings is 1. The van der Waals surface area contributed by atoms with Crippen LogP contribution in [0, 0.1) is 5.92 Å². The van der Waals surface area contributed by atoms with Crippen molar-refractivity contribution in [3.8, 4) is 5.75 Å². The van der Waals surface area contributed by atoms with Crippen LogP contribution in [0.5, 0.6) is 5.75 Å². The molecule has 0 amide bonds. The van der Waals surface area contributed by atoms with Crippen LogP contribution in [0.4, 0.5) is 0 Å². The first kappa shape index (κ1) is 15.3. The number of rotatable bonds is 7. The van der Waals surface area contributed by atoms with E-state index in [1.165, 1.54) is 5.56 Å². The zero-order valence-electron chi connectivity index (χ0n) is 11.8. The highest BCUT2D eigenvalue weighted by atomic mass is 16.5. The van der Waals surface area contributed by atoms with Crippen LogP contribution in [0.2, 0.25) is 0 Å². The smallest absolute Gasteiger partial charge is 0.143 e. The summed E-state index contributed by atoms with van der Waals surface area (Å²) in [7, 11) is 3.70. The van der Waals surface area contributed by atoms with Crippen LogP contribution in [-0.2, 0) is 6.42 Å². The largest absolute Gasteiger partial charge is 0.497 e. The fourth-order valence-electron chi connectivity index (χ4n) is 1.86. The Morgan fingerprint density at radius 3 is 2.58 bits per heavy atom. The Hall–Kier alpha value is -1.75. The van der Waals surface area contributed by atoms with Crippen molar-refractivity contribution in [3.05, 3.63) is 29.8 Å². The third kappa shape index (κ3) is 5.18. The third-order valence-electron chi connectivity index (χ3n) is 3.15. The van der Waals surface area contributed by atoms with Gasteiger partial charge in [0.15, 0.2) is 0 Å². The summed E-state index contributed by atoms with van der Waals surface area (Å²) in [4.78, 5) is 2.17. The summed E-state index contributed by atoms with van der Waals surface area (Å²) in [5, 5.41) is 11.6. The average Bonchev–Trinajstić information content (AvgIpc) is 2.44. The first-order valence-electron chi connectivity index (χ1n) is 6.35. The van der Waals surface area contributed by atoms with Gasteiger partial charge in [-0.1, -0.05) is 24.2 Å². The van der Waals surface area contributed by atoms with Crippen molar-refractivity contribution in [3.63, 3.8) is 0 Å². The van der Waals surface area contributed by atoms with E-state index in [1.54, 1.807) is 7.11 Å². The van der Waals surface area contributed by atoms with E-state index in [-0.39, 0.29) is 11.8 Å². The van der Waals surface area contributed by atoms with Gasteiger partial charge >= 0.3 is 0 Å². The number of methoxy groups -OCH3 is 1. The van der Waals surface area contributed by atoms with E-state index in [2.05, 4.69) is 22.2 Å². The van der Waals surface area contributed by atoms with Gasteiger partial charge in [0, 0.05) is 19.0 Å². The van der Waals surface area contributed by atoms with E-state index < -0.39 is 0 Å². The second-order valence-corrected chi connectivity index (χ2v) is 4.79. The molecule has 106 valence electrons. The van der Waals surface area contributed by atoms with Gasteiger partial charge in [0.05, 0.1) is 7.11 Å². The van der Waals surface area contributed by atoms with Gasteiger partial charge < -0.3 is 20.6 Å². The second-order valence-electron chi connectivity index (χ2n) is 4.79. The topological polar surface area (TPSA) is 71.1 Å². The fourth-order valence-corrected chi connectivity index (χ4v) is 1.86. The molecule has 5 heteroatoms. The molecule has 1 aromatic carbocycles. The molecule has 1 aromatic rings. The standard InChI is InChI=1S/C14H23N3O2/c1-11(14(15)16-18)10-17(2)9-8-12-4-6-13(19-3)7-5-12/h4-7,11,18H,8-10H2,1-3H3,(H2,15,16). The molecule has 1 atom stereocenters. The number of hydrogen-bond acceptors (Lipinski definition) is 4. The van der Waals surface area contributed by atoms with Crippen molar-refractivity contribution >= 4 is 5.84 Å². The summed E-state index contributed by atoms with van der Waals surface area (Å²) in [5.74, 6) is 1.19. The van der Waals surface area contributed by atoms with Crippen LogP contribution < -0.4 is 10.5 Å². The minimum atomic E-state index is 0.0471. The summed E-state index contributed by atoms with van der Waals surface area (Å²) in [6.45, 7) is 3.64. The van der Waals surface area contributed by atoms with Gasteiger partial charge in [-0.2, -0.15) is 0 Å². The van der Waals surface area contributed by atoms with E-state index in [0.717, 1.165) is 25.3 Å². The molecule has 0 aliphatic heterocycles. The van der Waals surface area contributed by atoms with Crippen LogP contribution in [0.1, 0.15) is 12.5 Å². The Labute approximate surface area is 114 Å². The monoisotopic (exact) mass is 265 g/mol. The second kappa shape index (κ2) is 7.63. The number of hydrogen-bond donors (Lipinski definition) is 2. The average molecular weight is 265 g/mol. The quantitative estimate of drug-likeness (QED) is 0.340. The van der Waals surface area contributed by atoms with Crippen molar-refractivity contribution in [2.45, 2.75) is 13.3 Å². The number of likely N-dealkylation sites (N-methyl/N-ethyl adjacent to an activating group) is 1. The summed E-state index contributed by atoms with van der Waals surface area (Å²) < 4.78 is 5.12. The Kier molecular flexibility index (Phi) is 6.15. The molecule has 0 aliphatic carbocycles. The van der Waals surface area contributed by atoms with Crippen molar-refractivity contribution in [1.29, 1.82) is 0 Å². The van der Waals surface area contributed by atoms with Crippen molar-refractivity contribution < 1.29 is 9.94 Å².